The van der Waals surface area contributed by atoms with Crippen LogP contribution in [0.2, 0.25) is 0 Å². The largest absolute Gasteiger partial charge is 0.394 e. The molecule has 9 heteroatoms. The quantitative estimate of drug-likeness (QED) is 0.431. The highest BCUT2D eigenvalue weighted by atomic mass is 16.6. The standard InChI is InChI=1S/C16H21N5O4/c1-2-3-4-5-6-10-19-14(17)11-15(20-10)21(8-18-11)16-13(24)12(23)9(7-22)25-16/h8-9,12-13,16,22-24H,2-4,7H2,1H3,(H2,17,19,20)/t9-,12?,13?,16-/m1/s1. The van der Waals surface area contributed by atoms with Gasteiger partial charge in [0.05, 0.1) is 12.9 Å². The summed E-state index contributed by atoms with van der Waals surface area (Å²) in [5.41, 5.74) is 6.63. The predicted octanol–water partition coefficient (Wildman–Crippen LogP) is -0.438. The van der Waals surface area contributed by atoms with Crippen LogP contribution in [0.15, 0.2) is 6.33 Å². The Balaban J connectivity index is 1.97. The zero-order valence-electron chi connectivity index (χ0n) is 13.8. The van der Waals surface area contributed by atoms with Crippen molar-refractivity contribution >= 4 is 17.0 Å². The van der Waals surface area contributed by atoms with Gasteiger partial charge in [0.1, 0.15) is 23.8 Å². The van der Waals surface area contributed by atoms with E-state index in [1.54, 1.807) is 0 Å². The first-order chi connectivity index (χ1) is 12.1. The topological polar surface area (TPSA) is 140 Å². The average Bonchev–Trinajstić information content (AvgIpc) is 3.14. The van der Waals surface area contributed by atoms with Crippen LogP contribution in [0.4, 0.5) is 5.82 Å². The number of hydrogen-bond donors (Lipinski definition) is 4. The van der Waals surface area contributed by atoms with Crippen molar-refractivity contribution < 1.29 is 20.1 Å². The Labute approximate surface area is 144 Å². The number of nitrogens with zero attached hydrogens (tertiary/aromatic N) is 4. The fourth-order valence-corrected chi connectivity index (χ4v) is 2.70. The molecule has 0 bridgehead atoms. The number of ether oxygens (including phenoxy) is 1. The molecule has 0 radical (unpaired) electrons. The van der Waals surface area contributed by atoms with E-state index >= 15 is 0 Å². The van der Waals surface area contributed by atoms with Crippen molar-refractivity contribution in [2.75, 3.05) is 12.3 Å². The molecular weight excluding hydrogens is 326 g/mol. The van der Waals surface area contributed by atoms with Crippen molar-refractivity contribution in [2.24, 2.45) is 0 Å². The van der Waals surface area contributed by atoms with Crippen LogP contribution < -0.4 is 5.73 Å². The van der Waals surface area contributed by atoms with Crippen molar-refractivity contribution in [2.45, 2.75) is 50.7 Å². The van der Waals surface area contributed by atoms with Crippen LogP contribution in [0.1, 0.15) is 38.2 Å². The molecule has 1 saturated heterocycles. The number of nitrogens with two attached hydrogens (primary N) is 1. The molecular formula is C16H21N5O4. The molecule has 2 aromatic heterocycles. The highest BCUT2D eigenvalue weighted by molar-refractivity contribution is 5.82. The minimum Gasteiger partial charge on any atom is -0.394 e. The smallest absolute Gasteiger partial charge is 0.208 e. The maximum atomic E-state index is 10.2. The van der Waals surface area contributed by atoms with Crippen LogP contribution in [-0.2, 0) is 4.74 Å². The molecule has 1 aliphatic heterocycles. The van der Waals surface area contributed by atoms with Crippen molar-refractivity contribution in [1.82, 2.24) is 19.5 Å². The molecule has 0 saturated carbocycles. The van der Waals surface area contributed by atoms with Gasteiger partial charge >= 0.3 is 0 Å². The molecule has 0 aromatic carbocycles. The van der Waals surface area contributed by atoms with E-state index in [0.717, 1.165) is 19.3 Å². The van der Waals surface area contributed by atoms with E-state index in [0.29, 0.717) is 11.2 Å². The second-order valence-corrected chi connectivity index (χ2v) is 5.89. The third-order valence-corrected chi connectivity index (χ3v) is 4.10. The Morgan fingerprint density at radius 1 is 1.32 bits per heavy atom. The van der Waals surface area contributed by atoms with Crippen LogP contribution >= 0.6 is 0 Å². The van der Waals surface area contributed by atoms with Crippen LogP contribution in [0, 0.1) is 11.8 Å². The molecule has 3 heterocycles. The van der Waals surface area contributed by atoms with E-state index in [1.807, 2.05) is 0 Å². The minimum atomic E-state index is -1.23. The van der Waals surface area contributed by atoms with Crippen molar-refractivity contribution in [3.8, 4) is 11.8 Å². The molecule has 9 nitrogen and oxygen atoms in total. The third kappa shape index (κ3) is 3.29. The number of hydrogen-bond acceptors (Lipinski definition) is 8. The molecule has 2 aromatic rings. The highest BCUT2D eigenvalue weighted by Gasteiger charge is 2.44. The van der Waals surface area contributed by atoms with Crippen molar-refractivity contribution in [3.63, 3.8) is 0 Å². The Kier molecular flexibility index (Phi) is 5.15. The summed E-state index contributed by atoms with van der Waals surface area (Å²) in [4.78, 5) is 12.6. The van der Waals surface area contributed by atoms with E-state index in [2.05, 4.69) is 33.7 Å². The number of anilines is 1. The molecule has 2 unspecified atom stereocenters. The van der Waals surface area contributed by atoms with E-state index in [1.165, 1.54) is 10.9 Å². The highest BCUT2D eigenvalue weighted by Crippen LogP contribution is 2.31. The molecule has 1 aliphatic rings. The maximum absolute atomic E-state index is 10.2. The average molecular weight is 347 g/mol. The van der Waals surface area contributed by atoms with Gasteiger partial charge in [-0.15, -0.1) is 0 Å². The first kappa shape index (κ1) is 17.6. The lowest BCUT2D eigenvalue weighted by molar-refractivity contribution is -0.0511. The van der Waals surface area contributed by atoms with Crippen LogP contribution in [0.5, 0.6) is 0 Å². The molecule has 0 spiro atoms. The molecule has 0 amide bonds. The summed E-state index contributed by atoms with van der Waals surface area (Å²) in [6.07, 6.45) is -0.0713. The normalized spacial score (nSPS) is 25.9. The van der Waals surface area contributed by atoms with E-state index < -0.39 is 31.1 Å². The van der Waals surface area contributed by atoms with E-state index in [4.69, 9.17) is 10.5 Å². The first-order valence-electron chi connectivity index (χ1n) is 8.18. The summed E-state index contributed by atoms with van der Waals surface area (Å²) in [7, 11) is 0. The predicted molar refractivity (Wildman–Crippen MR) is 89.1 cm³/mol. The maximum Gasteiger partial charge on any atom is 0.208 e. The molecule has 4 atom stereocenters. The fraction of sp³-hybridized carbons (Fsp3) is 0.562. The number of unbranched alkanes of at least 4 members (excludes halogenated alkanes) is 2. The number of rotatable bonds is 4. The van der Waals surface area contributed by atoms with E-state index in [-0.39, 0.29) is 11.6 Å². The number of imidazole rings is 1. The van der Waals surface area contributed by atoms with Gasteiger partial charge in [-0.1, -0.05) is 19.3 Å². The number of fused-ring (bicyclic) bond motifs is 1. The number of aliphatic hydroxyl groups excluding tert-OH is 3. The Morgan fingerprint density at radius 3 is 2.80 bits per heavy atom. The molecule has 3 rings (SSSR count). The lowest BCUT2D eigenvalue weighted by Crippen LogP contribution is -2.33. The van der Waals surface area contributed by atoms with Gasteiger partial charge in [0.2, 0.25) is 5.82 Å². The lowest BCUT2D eigenvalue weighted by atomic mass is 10.1. The van der Waals surface area contributed by atoms with Gasteiger partial charge in [-0.2, -0.15) is 0 Å². The second kappa shape index (κ2) is 7.33. The summed E-state index contributed by atoms with van der Waals surface area (Å²) in [5.74, 6) is 6.30. The Morgan fingerprint density at radius 2 is 2.12 bits per heavy atom. The lowest BCUT2D eigenvalue weighted by Gasteiger charge is -2.16. The van der Waals surface area contributed by atoms with Gasteiger partial charge in [0, 0.05) is 6.42 Å². The monoisotopic (exact) mass is 347 g/mol. The van der Waals surface area contributed by atoms with Crippen molar-refractivity contribution in [1.29, 1.82) is 0 Å². The summed E-state index contributed by atoms with van der Waals surface area (Å²) in [6.45, 7) is 1.67. The fourth-order valence-electron chi connectivity index (χ4n) is 2.70. The van der Waals surface area contributed by atoms with Crippen LogP contribution in [-0.4, -0.2) is 59.8 Å². The Bertz CT molecular complexity index is 812. The Hall–Kier alpha value is -2.25. The summed E-state index contributed by atoms with van der Waals surface area (Å²) < 4.78 is 6.98. The van der Waals surface area contributed by atoms with Crippen molar-refractivity contribution in [3.05, 3.63) is 12.2 Å². The van der Waals surface area contributed by atoms with Gasteiger partial charge in [0.25, 0.3) is 0 Å². The molecule has 134 valence electrons. The van der Waals surface area contributed by atoms with E-state index in [9.17, 15) is 15.3 Å². The van der Waals surface area contributed by atoms with Gasteiger partial charge in [-0.05, 0) is 12.3 Å². The molecule has 0 aliphatic carbocycles. The van der Waals surface area contributed by atoms with Gasteiger partial charge in [-0.25, -0.2) is 15.0 Å². The zero-order valence-corrected chi connectivity index (χ0v) is 13.8. The van der Waals surface area contributed by atoms with Gasteiger partial charge in [0.15, 0.2) is 17.7 Å². The molecule has 25 heavy (non-hydrogen) atoms. The summed E-state index contributed by atoms with van der Waals surface area (Å²) >= 11 is 0. The molecule has 5 N–H and O–H groups in total. The second-order valence-electron chi connectivity index (χ2n) is 5.89. The van der Waals surface area contributed by atoms with Crippen LogP contribution in [0.25, 0.3) is 11.2 Å². The van der Waals surface area contributed by atoms with Crippen LogP contribution in [0.3, 0.4) is 0 Å². The zero-order chi connectivity index (χ0) is 18.0. The minimum absolute atomic E-state index is 0.176. The third-order valence-electron chi connectivity index (χ3n) is 4.10. The van der Waals surface area contributed by atoms with Gasteiger partial charge in [-0.3, -0.25) is 4.57 Å². The summed E-state index contributed by atoms with van der Waals surface area (Å²) in [6, 6.07) is 0. The molecule has 1 fully saturated rings. The van der Waals surface area contributed by atoms with Gasteiger partial charge < -0.3 is 25.8 Å². The number of nitrogen functional groups attached to an aromatic ring is 1. The number of aliphatic hydroxyl groups is 3. The number of aromatic nitrogens is 4. The summed E-state index contributed by atoms with van der Waals surface area (Å²) in [5, 5.41) is 29.3. The first-order valence-corrected chi connectivity index (χ1v) is 8.18. The SMILES string of the molecule is CCCCC#Cc1nc(N)c2ncn([C@@H]3O[C@H](CO)C(O)C3O)c2n1.